The molecule has 0 radical (unpaired) electrons. The largest absolute Gasteiger partial charge is 0.461 e. The number of para-hydroxylation sites is 1. The zero-order valence-corrected chi connectivity index (χ0v) is 13.2. The summed E-state index contributed by atoms with van der Waals surface area (Å²) in [6.07, 6.45) is 0. The van der Waals surface area contributed by atoms with Gasteiger partial charge in [-0.15, -0.1) is 0 Å². The molecule has 1 rings (SSSR count). The number of anilines is 1. The summed E-state index contributed by atoms with van der Waals surface area (Å²) in [6, 6.07) is 4.60. The van der Waals surface area contributed by atoms with Crippen LogP contribution in [0.1, 0.15) is 31.1 Å². The van der Waals surface area contributed by atoms with Crippen molar-refractivity contribution >= 4 is 33.1 Å². The van der Waals surface area contributed by atoms with Crippen LogP contribution in [-0.4, -0.2) is 31.5 Å². The molecule has 0 saturated carbocycles. The van der Waals surface area contributed by atoms with E-state index >= 15 is 0 Å². The molecule has 0 aromatic heterocycles. The first-order valence-corrected chi connectivity index (χ1v) is 8.02. The molecule has 0 heterocycles. The second kappa shape index (κ2) is 6.01. The Hall–Kier alpha value is -1.27. The number of hydrogen-bond acceptors (Lipinski definition) is 5. The van der Waals surface area contributed by atoms with Crippen LogP contribution in [0.15, 0.2) is 18.2 Å². The van der Waals surface area contributed by atoms with Crippen molar-refractivity contribution in [3.05, 3.63) is 28.8 Å². The minimum Gasteiger partial charge on any atom is -0.461 e. The van der Waals surface area contributed by atoms with Crippen molar-refractivity contribution < 1.29 is 17.9 Å². The number of carbonyl (C=O) groups is 1. The maximum atomic E-state index is 11.9. The molecule has 0 aliphatic heterocycles. The Labute approximate surface area is 124 Å². The highest BCUT2D eigenvalue weighted by molar-refractivity contribution is 7.92. The number of nitrogen functional groups attached to an aromatic ring is 1. The van der Waals surface area contributed by atoms with Crippen LogP contribution in [0.2, 0.25) is 5.02 Å². The number of ether oxygens (including phenoxy) is 1. The van der Waals surface area contributed by atoms with Crippen LogP contribution >= 0.6 is 11.6 Å². The van der Waals surface area contributed by atoms with E-state index in [1.807, 2.05) is 0 Å². The first-order chi connectivity index (χ1) is 9.06. The van der Waals surface area contributed by atoms with Crippen molar-refractivity contribution in [2.75, 3.05) is 18.1 Å². The fourth-order valence-electron chi connectivity index (χ4n) is 1.34. The maximum absolute atomic E-state index is 11.9. The molecule has 1 aromatic carbocycles. The Morgan fingerprint density at radius 3 is 2.50 bits per heavy atom. The van der Waals surface area contributed by atoms with E-state index < -0.39 is 20.6 Å². The van der Waals surface area contributed by atoms with Crippen LogP contribution in [0.3, 0.4) is 0 Å². The van der Waals surface area contributed by atoms with Crippen molar-refractivity contribution in [2.45, 2.75) is 25.5 Å². The number of sulfone groups is 1. The van der Waals surface area contributed by atoms with Crippen molar-refractivity contribution in [1.82, 2.24) is 0 Å². The Morgan fingerprint density at radius 1 is 1.35 bits per heavy atom. The molecular weight excluding hydrogens is 302 g/mol. The predicted octanol–water partition coefficient (Wildman–Crippen LogP) is 2.29. The van der Waals surface area contributed by atoms with Crippen molar-refractivity contribution in [3.63, 3.8) is 0 Å². The highest BCUT2D eigenvalue weighted by atomic mass is 35.5. The molecule has 0 spiro atoms. The number of benzene rings is 1. The van der Waals surface area contributed by atoms with Crippen LogP contribution in [-0.2, 0) is 14.6 Å². The third-order valence-electron chi connectivity index (χ3n) is 2.79. The van der Waals surface area contributed by atoms with Gasteiger partial charge in [0.1, 0.15) is 6.61 Å². The average molecular weight is 320 g/mol. The molecule has 112 valence electrons. The van der Waals surface area contributed by atoms with E-state index in [1.165, 1.54) is 6.07 Å². The summed E-state index contributed by atoms with van der Waals surface area (Å²) < 4.78 is 27.8. The monoisotopic (exact) mass is 319 g/mol. The smallest absolute Gasteiger partial charge is 0.340 e. The summed E-state index contributed by atoms with van der Waals surface area (Å²) in [5.41, 5.74) is 5.91. The van der Waals surface area contributed by atoms with Gasteiger partial charge in [0.25, 0.3) is 0 Å². The lowest BCUT2D eigenvalue weighted by Gasteiger charge is -2.18. The molecule has 5 nitrogen and oxygen atoms in total. The molecule has 0 fully saturated rings. The molecule has 2 N–H and O–H groups in total. The molecule has 0 atom stereocenters. The van der Waals surface area contributed by atoms with E-state index in [0.29, 0.717) is 0 Å². The first-order valence-electron chi connectivity index (χ1n) is 5.99. The molecule has 0 saturated heterocycles. The Balaban J connectivity index is 2.68. The van der Waals surface area contributed by atoms with Crippen molar-refractivity contribution in [2.24, 2.45) is 0 Å². The van der Waals surface area contributed by atoms with Gasteiger partial charge >= 0.3 is 5.97 Å². The lowest BCUT2D eigenvalue weighted by Crippen LogP contribution is -2.32. The SMILES string of the molecule is CC(C)(C)S(=O)(=O)CCOC(=O)c1cccc(Cl)c1N. The van der Waals surface area contributed by atoms with E-state index in [1.54, 1.807) is 32.9 Å². The van der Waals surface area contributed by atoms with Crippen molar-refractivity contribution in [3.8, 4) is 0 Å². The van der Waals surface area contributed by atoms with Gasteiger partial charge in [-0.3, -0.25) is 0 Å². The minimum atomic E-state index is -3.33. The molecule has 1 aromatic rings. The fourth-order valence-corrected chi connectivity index (χ4v) is 2.43. The number of hydrogen-bond donors (Lipinski definition) is 1. The number of carbonyl (C=O) groups excluding carboxylic acids is 1. The molecule has 0 aliphatic carbocycles. The van der Waals surface area contributed by atoms with E-state index in [-0.39, 0.29) is 28.6 Å². The predicted molar refractivity (Wildman–Crippen MR) is 79.7 cm³/mol. The third-order valence-corrected chi connectivity index (χ3v) is 5.69. The summed E-state index contributed by atoms with van der Waals surface area (Å²) in [6.45, 7) is 4.57. The zero-order chi connectivity index (χ0) is 15.6. The fraction of sp³-hybridized carbons (Fsp3) is 0.462. The quantitative estimate of drug-likeness (QED) is 0.679. The van der Waals surface area contributed by atoms with Gasteiger partial charge < -0.3 is 10.5 Å². The van der Waals surface area contributed by atoms with Crippen LogP contribution < -0.4 is 5.73 Å². The van der Waals surface area contributed by atoms with Gasteiger partial charge in [0.2, 0.25) is 0 Å². The second-order valence-electron chi connectivity index (χ2n) is 5.27. The van der Waals surface area contributed by atoms with Gasteiger partial charge in [-0.1, -0.05) is 17.7 Å². The minimum absolute atomic E-state index is 0.123. The van der Waals surface area contributed by atoms with Crippen LogP contribution in [0.4, 0.5) is 5.69 Å². The van der Waals surface area contributed by atoms with Crippen LogP contribution in [0.25, 0.3) is 0 Å². The standard InChI is InChI=1S/C13H18ClNO4S/c1-13(2,3)20(17,18)8-7-19-12(16)9-5-4-6-10(14)11(9)15/h4-6H,7-8,15H2,1-3H3. The van der Waals surface area contributed by atoms with Gasteiger partial charge in [0.15, 0.2) is 9.84 Å². The van der Waals surface area contributed by atoms with Gasteiger partial charge in [0.05, 0.1) is 26.8 Å². The van der Waals surface area contributed by atoms with E-state index in [4.69, 9.17) is 22.1 Å². The highest BCUT2D eigenvalue weighted by Gasteiger charge is 2.29. The Bertz CT molecular complexity index is 605. The molecular formula is C13H18ClNO4S. The van der Waals surface area contributed by atoms with Gasteiger partial charge in [-0.2, -0.15) is 0 Å². The van der Waals surface area contributed by atoms with E-state index in [9.17, 15) is 13.2 Å². The summed E-state index contributed by atoms with van der Waals surface area (Å²) in [4.78, 5) is 11.8. The summed E-state index contributed by atoms with van der Waals surface area (Å²) in [7, 11) is -3.33. The molecule has 20 heavy (non-hydrogen) atoms. The average Bonchev–Trinajstić information content (AvgIpc) is 2.30. The topological polar surface area (TPSA) is 86.5 Å². The normalized spacial score (nSPS) is 12.2. The van der Waals surface area contributed by atoms with Crippen LogP contribution in [0.5, 0.6) is 0 Å². The number of esters is 1. The lowest BCUT2D eigenvalue weighted by molar-refractivity contribution is 0.0530. The number of nitrogens with two attached hydrogens (primary N) is 1. The molecule has 0 amide bonds. The molecule has 0 unspecified atom stereocenters. The summed E-state index contributed by atoms with van der Waals surface area (Å²) >= 11 is 5.80. The van der Waals surface area contributed by atoms with Gasteiger partial charge in [-0.25, -0.2) is 13.2 Å². The first kappa shape index (κ1) is 16.8. The summed E-state index contributed by atoms with van der Waals surface area (Å²) in [5, 5.41) is 0.252. The van der Waals surface area contributed by atoms with E-state index in [2.05, 4.69) is 0 Å². The van der Waals surface area contributed by atoms with Crippen LogP contribution in [0, 0.1) is 0 Å². The Morgan fingerprint density at radius 2 is 1.95 bits per heavy atom. The lowest BCUT2D eigenvalue weighted by atomic mass is 10.2. The molecule has 0 aliphatic rings. The van der Waals surface area contributed by atoms with Gasteiger partial charge in [-0.05, 0) is 32.9 Å². The summed E-state index contributed by atoms with van der Waals surface area (Å²) in [5.74, 6) is -0.919. The maximum Gasteiger partial charge on any atom is 0.340 e. The highest BCUT2D eigenvalue weighted by Crippen LogP contribution is 2.23. The number of halogens is 1. The third kappa shape index (κ3) is 3.86. The number of rotatable bonds is 4. The molecule has 0 bridgehead atoms. The van der Waals surface area contributed by atoms with E-state index in [0.717, 1.165) is 0 Å². The molecule has 7 heteroatoms. The second-order valence-corrected chi connectivity index (χ2v) is 8.54. The van der Waals surface area contributed by atoms with Crippen molar-refractivity contribution in [1.29, 1.82) is 0 Å². The van der Waals surface area contributed by atoms with Gasteiger partial charge in [0, 0.05) is 0 Å². The Kier molecular flexibility index (Phi) is 5.05. The zero-order valence-electron chi connectivity index (χ0n) is 11.6.